The number of aliphatic hydroxyl groups is 2. The Kier molecular flexibility index (Phi) is 12.3. The molecule has 3 atom stereocenters. The molecule has 0 aliphatic carbocycles. The second-order valence-corrected chi connectivity index (χ2v) is 10.0. The van der Waals surface area contributed by atoms with E-state index in [1.54, 1.807) is 0 Å². The molecular weight excluding hydrogens is 542 g/mol. The monoisotopic (exact) mass is 580 g/mol. The Morgan fingerprint density at radius 3 is 2.29 bits per heavy atom. The average Bonchev–Trinajstić information content (AvgIpc) is 3.19. The summed E-state index contributed by atoms with van der Waals surface area (Å²) in [6.45, 7) is 1.62. The van der Waals surface area contributed by atoms with Crippen LogP contribution < -0.4 is 11.0 Å². The van der Waals surface area contributed by atoms with E-state index in [4.69, 9.17) is 14.6 Å². The van der Waals surface area contributed by atoms with E-state index >= 15 is 0 Å². The number of hydrogen-bond donors (Lipinski definition) is 3. The number of anilines is 1. The number of nitrogens with one attached hydrogen (secondary N) is 1. The predicted octanol–water partition coefficient (Wildman–Crippen LogP) is 3.85. The highest BCUT2D eigenvalue weighted by atomic mass is 19.3. The summed E-state index contributed by atoms with van der Waals surface area (Å²) in [6.07, 6.45) is 7.72. The summed E-state index contributed by atoms with van der Waals surface area (Å²) >= 11 is 0. The van der Waals surface area contributed by atoms with Gasteiger partial charge >= 0.3 is 17.6 Å². The molecule has 0 bridgehead atoms. The fourth-order valence-corrected chi connectivity index (χ4v) is 4.45. The van der Waals surface area contributed by atoms with Gasteiger partial charge in [-0.05, 0) is 24.6 Å². The number of nitrogens with zero attached hydrogens (tertiary/aromatic N) is 3. The van der Waals surface area contributed by atoms with Gasteiger partial charge < -0.3 is 25.0 Å². The van der Waals surface area contributed by atoms with Crippen molar-refractivity contribution >= 4 is 17.7 Å². The van der Waals surface area contributed by atoms with Gasteiger partial charge in [0.05, 0.1) is 18.8 Å². The summed E-state index contributed by atoms with van der Waals surface area (Å²) in [7, 11) is 0. The van der Waals surface area contributed by atoms with Crippen molar-refractivity contribution in [1.29, 1.82) is 0 Å². The molecule has 3 rings (SSSR count). The van der Waals surface area contributed by atoms with E-state index in [-0.39, 0.29) is 23.7 Å². The topological polar surface area (TPSA) is 153 Å². The summed E-state index contributed by atoms with van der Waals surface area (Å²) < 4.78 is 39.3. The average molecular weight is 581 g/mol. The molecule has 41 heavy (non-hydrogen) atoms. The van der Waals surface area contributed by atoms with Crippen LogP contribution in [0.5, 0.6) is 0 Å². The Hall–Kier alpha value is -3.29. The molecule has 1 saturated heterocycles. The van der Waals surface area contributed by atoms with Gasteiger partial charge in [0, 0.05) is 12.4 Å². The number of alkyl halides is 2. The fourth-order valence-electron chi connectivity index (χ4n) is 4.45. The van der Waals surface area contributed by atoms with Crippen molar-refractivity contribution < 1.29 is 38.1 Å². The molecule has 0 spiro atoms. The number of unbranched alkanes of at least 4 members (excludes halogenated alkanes) is 9. The summed E-state index contributed by atoms with van der Waals surface area (Å²) in [5.41, 5.74) is -1.08. The normalized spacial score (nSPS) is 19.7. The lowest BCUT2D eigenvalue weighted by Gasteiger charge is -2.21. The second-order valence-electron chi connectivity index (χ2n) is 10.0. The first-order valence-corrected chi connectivity index (χ1v) is 14.0. The first kappa shape index (κ1) is 32.2. The molecular formula is C28H38F2N4O7. The molecule has 3 heterocycles. The number of hydrogen-bond acceptors (Lipinski definition) is 9. The summed E-state index contributed by atoms with van der Waals surface area (Å²) in [5, 5.41) is 21.1. The maximum absolute atomic E-state index is 14.3. The van der Waals surface area contributed by atoms with Crippen molar-refractivity contribution in [3.63, 3.8) is 0 Å². The van der Waals surface area contributed by atoms with Crippen LogP contribution >= 0.6 is 0 Å². The zero-order chi connectivity index (χ0) is 29.8. The van der Waals surface area contributed by atoms with Gasteiger partial charge in [-0.25, -0.2) is 14.6 Å². The fraction of sp³-hybridized carbons (Fsp3) is 0.607. The minimum absolute atomic E-state index is 0.0372. The zero-order valence-corrected chi connectivity index (χ0v) is 23.1. The van der Waals surface area contributed by atoms with Crippen molar-refractivity contribution in [3.8, 4) is 0 Å². The lowest BCUT2D eigenvalue weighted by Crippen LogP contribution is -2.41. The Morgan fingerprint density at radius 2 is 1.73 bits per heavy atom. The van der Waals surface area contributed by atoms with E-state index in [0.717, 1.165) is 37.7 Å². The number of esters is 1. The zero-order valence-electron chi connectivity index (χ0n) is 23.1. The van der Waals surface area contributed by atoms with Crippen LogP contribution in [-0.4, -0.2) is 68.0 Å². The third kappa shape index (κ3) is 8.85. The first-order chi connectivity index (χ1) is 19.7. The molecule has 1 amide bonds. The van der Waals surface area contributed by atoms with Gasteiger partial charge in [0.1, 0.15) is 17.6 Å². The summed E-state index contributed by atoms with van der Waals surface area (Å²) in [6, 6.07) is 3.79. The van der Waals surface area contributed by atoms with Crippen molar-refractivity contribution in [1.82, 2.24) is 14.5 Å². The van der Waals surface area contributed by atoms with Crippen LogP contribution in [-0.2, 0) is 9.47 Å². The van der Waals surface area contributed by atoms with Crippen molar-refractivity contribution in [3.05, 3.63) is 52.3 Å². The summed E-state index contributed by atoms with van der Waals surface area (Å²) in [4.78, 5) is 44.7. The Morgan fingerprint density at radius 1 is 1.07 bits per heavy atom. The van der Waals surface area contributed by atoms with Crippen LogP contribution in [0.3, 0.4) is 0 Å². The quantitative estimate of drug-likeness (QED) is 0.198. The molecule has 0 radical (unpaired) electrons. The highest BCUT2D eigenvalue weighted by Gasteiger charge is 2.59. The number of halogens is 2. The smallest absolute Gasteiger partial charge is 0.356 e. The van der Waals surface area contributed by atoms with E-state index in [9.17, 15) is 28.3 Å². The number of aliphatic hydroxyl groups excluding tert-OH is 2. The van der Waals surface area contributed by atoms with Crippen LogP contribution in [0, 0.1) is 0 Å². The second kappa shape index (κ2) is 15.6. The van der Waals surface area contributed by atoms with Crippen molar-refractivity contribution in [2.45, 2.75) is 95.5 Å². The van der Waals surface area contributed by atoms with E-state index in [1.807, 2.05) is 0 Å². The number of rotatable bonds is 16. The molecule has 1 fully saturated rings. The van der Waals surface area contributed by atoms with Crippen LogP contribution in [0.2, 0.25) is 0 Å². The number of carbonyl (C=O) groups is 2. The van der Waals surface area contributed by atoms with Crippen LogP contribution in [0.15, 0.2) is 35.4 Å². The molecule has 226 valence electrons. The third-order valence-corrected chi connectivity index (χ3v) is 6.85. The van der Waals surface area contributed by atoms with Gasteiger partial charge in [-0.3, -0.25) is 9.36 Å². The standard InChI is InChI=1S/C28H38F2N4O7/c1-2-3-4-5-6-7-8-9-10-11-16-40-25(38)20-13-12-19(17-31-20)24(37)32-22-14-15-34(27(39)33-22)26-28(29,30)23(36)21(18-35)41-26/h12-15,17,21,23,26,35-36H,2-11,16,18H2,1H3,(H,32,33,37,39)/t21-,23-,26-/m1/s1. The van der Waals surface area contributed by atoms with Crippen LogP contribution in [0.1, 0.15) is 98.2 Å². The molecule has 11 nitrogen and oxygen atoms in total. The van der Waals surface area contributed by atoms with Gasteiger partial charge in [-0.1, -0.05) is 64.7 Å². The van der Waals surface area contributed by atoms with Crippen LogP contribution in [0.25, 0.3) is 0 Å². The molecule has 0 unspecified atom stereocenters. The van der Waals surface area contributed by atoms with E-state index < -0.39 is 48.5 Å². The predicted molar refractivity (Wildman–Crippen MR) is 145 cm³/mol. The molecule has 13 heteroatoms. The molecule has 2 aromatic rings. The third-order valence-electron chi connectivity index (χ3n) is 6.85. The summed E-state index contributed by atoms with van der Waals surface area (Å²) in [5.74, 6) is -5.38. The van der Waals surface area contributed by atoms with Gasteiger partial charge in [0.2, 0.25) is 6.23 Å². The lowest BCUT2D eigenvalue weighted by atomic mass is 10.1. The van der Waals surface area contributed by atoms with E-state index in [0.29, 0.717) is 4.57 Å². The number of pyridine rings is 1. The minimum atomic E-state index is -3.86. The molecule has 3 N–H and O–H groups in total. The SMILES string of the molecule is CCCCCCCCCCCCOC(=O)c1ccc(C(=O)Nc2ccn([C@@H]3O[C@H](CO)[C@@H](O)C3(F)F)c(=O)n2)cn1. The number of ether oxygens (including phenoxy) is 2. The van der Waals surface area contributed by atoms with Gasteiger partial charge in [-0.2, -0.15) is 13.8 Å². The minimum Gasteiger partial charge on any atom is -0.461 e. The van der Waals surface area contributed by atoms with Crippen LogP contribution in [0.4, 0.5) is 14.6 Å². The Labute approximate surface area is 236 Å². The first-order valence-electron chi connectivity index (χ1n) is 14.0. The molecule has 1 aliphatic rings. The highest BCUT2D eigenvalue weighted by Crippen LogP contribution is 2.42. The molecule has 2 aromatic heterocycles. The van der Waals surface area contributed by atoms with E-state index in [2.05, 4.69) is 22.2 Å². The van der Waals surface area contributed by atoms with Gasteiger partial charge in [0.25, 0.3) is 5.91 Å². The number of aromatic nitrogens is 3. The van der Waals surface area contributed by atoms with Gasteiger partial charge in [0.15, 0.2) is 6.10 Å². The lowest BCUT2D eigenvalue weighted by molar-refractivity contribution is -0.140. The Balaban J connectivity index is 1.43. The molecule has 0 aromatic carbocycles. The van der Waals surface area contributed by atoms with Crippen molar-refractivity contribution in [2.75, 3.05) is 18.5 Å². The largest absolute Gasteiger partial charge is 0.461 e. The molecule has 0 saturated carbocycles. The number of carbonyl (C=O) groups excluding carboxylic acids is 2. The van der Waals surface area contributed by atoms with E-state index in [1.165, 1.54) is 57.1 Å². The maximum Gasteiger partial charge on any atom is 0.356 e. The van der Waals surface area contributed by atoms with Gasteiger partial charge in [-0.15, -0.1) is 0 Å². The van der Waals surface area contributed by atoms with Crippen molar-refractivity contribution in [2.24, 2.45) is 0 Å². The maximum atomic E-state index is 14.3. The molecule has 1 aliphatic heterocycles. The number of amides is 1. The highest BCUT2D eigenvalue weighted by molar-refractivity contribution is 6.03. The Bertz CT molecular complexity index is 1190.